The van der Waals surface area contributed by atoms with Crippen LogP contribution in [-0.4, -0.2) is 0 Å². The van der Waals surface area contributed by atoms with Crippen molar-refractivity contribution in [2.24, 2.45) is 0 Å². The second kappa shape index (κ2) is 14.6. The monoisotopic (exact) mass is 448 g/mol. The van der Waals surface area contributed by atoms with Crippen molar-refractivity contribution in [2.45, 2.75) is 0 Å². The maximum atomic E-state index is 2.23. The van der Waals surface area contributed by atoms with Crippen LogP contribution < -0.4 is 40.7 Å². The molecule has 0 amide bonds. The fourth-order valence-corrected chi connectivity index (χ4v) is 4.80. The predicted octanol–water partition coefficient (Wildman–Crippen LogP) is -1.14. The van der Waals surface area contributed by atoms with Crippen LogP contribution in [0.2, 0.25) is 0 Å². The third-order valence-electron chi connectivity index (χ3n) is 3.60. The van der Waals surface area contributed by atoms with Crippen LogP contribution in [-0.2, 0) is 18.6 Å². The molecule has 0 N–H and O–H groups in total. The van der Waals surface area contributed by atoms with Crippen LogP contribution in [0.5, 0.6) is 0 Å². The van der Waals surface area contributed by atoms with Crippen molar-refractivity contribution in [3.8, 4) is 0 Å². The van der Waals surface area contributed by atoms with Crippen molar-refractivity contribution in [3.63, 3.8) is 0 Å². The third-order valence-corrected chi connectivity index (χ3v) is 6.04. The second-order valence-electron chi connectivity index (χ2n) is 5.30. The van der Waals surface area contributed by atoms with Crippen LogP contribution in [0, 0.1) is 0 Å². The molecule has 0 aromatic heterocycles. The predicted molar refractivity (Wildman–Crippen MR) is 107 cm³/mol. The summed E-state index contributed by atoms with van der Waals surface area (Å²) in [5, 5.41) is 4.19. The van der Waals surface area contributed by atoms with E-state index in [4.69, 9.17) is 0 Å². The third kappa shape index (κ3) is 8.02. The molecule has 0 atom stereocenters. The molecule has 0 nitrogen and oxygen atoms in total. The van der Waals surface area contributed by atoms with Gasteiger partial charge in [-0.25, -0.2) is 12.1 Å². The summed E-state index contributed by atoms with van der Waals surface area (Å²) in [5.41, 5.74) is 0. The summed E-state index contributed by atoms with van der Waals surface area (Å²) in [6, 6.07) is 42.3. The molecule has 0 aliphatic heterocycles. The van der Waals surface area contributed by atoms with Crippen LogP contribution in [0.25, 0.3) is 0 Å². The van der Waals surface area contributed by atoms with Crippen molar-refractivity contribution in [1.82, 2.24) is 0 Å². The second-order valence-corrected chi connectivity index (χ2v) is 7.52. The first-order chi connectivity index (χ1) is 11.9. The van der Waals surface area contributed by atoms with Gasteiger partial charge >= 0.3 is 18.6 Å². The molecule has 4 aromatic rings. The van der Waals surface area contributed by atoms with E-state index in [1.54, 1.807) is 0 Å². The zero-order valence-corrected chi connectivity index (χ0v) is 18.5. The summed E-state index contributed by atoms with van der Waals surface area (Å²) in [6.45, 7) is 0. The van der Waals surface area contributed by atoms with E-state index in [1.165, 1.54) is 15.9 Å². The van der Waals surface area contributed by atoms with Crippen molar-refractivity contribution in [2.75, 3.05) is 0 Å². The summed E-state index contributed by atoms with van der Waals surface area (Å²) in [5.74, 6) is 0. The standard InChI is InChI=1S/C18H15P.C5H5.2ClH.V/c1-4-10-16(11-5-1)19(17-12-6-2-7-13-17)18-14-8-3-9-15-18;1-2-4-5-3-1;;;/h1-15H;1-5H;2*1H;/q;-1;;;+2/p-2. The summed E-state index contributed by atoms with van der Waals surface area (Å²) in [6.07, 6.45) is 0. The van der Waals surface area contributed by atoms with E-state index in [9.17, 15) is 0 Å². The Kier molecular flexibility index (Phi) is 13.9. The van der Waals surface area contributed by atoms with Crippen LogP contribution in [0.3, 0.4) is 0 Å². The van der Waals surface area contributed by atoms with Gasteiger partial charge in [0.05, 0.1) is 0 Å². The Morgan fingerprint density at radius 2 is 0.741 bits per heavy atom. The number of rotatable bonds is 3. The summed E-state index contributed by atoms with van der Waals surface area (Å²) in [7, 11) is -0.446. The van der Waals surface area contributed by atoms with Crippen molar-refractivity contribution < 1.29 is 43.4 Å². The van der Waals surface area contributed by atoms with Gasteiger partial charge in [0.15, 0.2) is 0 Å². The van der Waals surface area contributed by atoms with E-state index in [-0.39, 0.29) is 43.4 Å². The Balaban J connectivity index is 0.000000742. The average molecular weight is 449 g/mol. The van der Waals surface area contributed by atoms with Crippen molar-refractivity contribution in [3.05, 3.63) is 121 Å². The average Bonchev–Trinajstić information content (AvgIpc) is 3.25. The molecule has 0 fully saturated rings. The van der Waals surface area contributed by atoms with Crippen molar-refractivity contribution >= 4 is 23.8 Å². The topological polar surface area (TPSA) is 0 Å². The Hall–Kier alpha value is -1.40. The van der Waals surface area contributed by atoms with Crippen LogP contribution >= 0.6 is 7.92 Å². The van der Waals surface area contributed by atoms with Gasteiger partial charge in [0, 0.05) is 0 Å². The zero-order chi connectivity index (χ0) is 16.5. The quantitative estimate of drug-likeness (QED) is 0.274. The van der Waals surface area contributed by atoms with E-state index in [0.717, 1.165) is 0 Å². The van der Waals surface area contributed by atoms with E-state index in [2.05, 4.69) is 91.0 Å². The molecular formula is C23H20Cl2PV-. The number of benzene rings is 3. The first-order valence-corrected chi connectivity index (χ1v) is 9.41. The first kappa shape index (κ1) is 25.6. The molecule has 0 bridgehead atoms. The van der Waals surface area contributed by atoms with E-state index >= 15 is 0 Å². The smallest absolute Gasteiger partial charge is 1.00 e. The molecule has 0 aliphatic rings. The first-order valence-electron chi connectivity index (χ1n) is 8.07. The molecule has 0 aliphatic carbocycles. The molecule has 137 valence electrons. The zero-order valence-electron chi connectivity index (χ0n) is 14.7. The summed E-state index contributed by atoms with van der Waals surface area (Å²) < 4.78 is 0. The molecule has 0 unspecified atom stereocenters. The molecule has 0 heterocycles. The fourth-order valence-electron chi connectivity index (χ4n) is 2.50. The van der Waals surface area contributed by atoms with Crippen LogP contribution in [0.15, 0.2) is 121 Å². The number of hydrogen-bond acceptors (Lipinski definition) is 0. The molecular weight excluding hydrogens is 429 g/mol. The van der Waals surface area contributed by atoms with E-state index < -0.39 is 7.92 Å². The molecule has 4 heteroatoms. The largest absolute Gasteiger partial charge is 2.00 e. The van der Waals surface area contributed by atoms with Gasteiger partial charge in [0.1, 0.15) is 0 Å². The van der Waals surface area contributed by atoms with Gasteiger partial charge in [0.25, 0.3) is 0 Å². The Morgan fingerprint density at radius 3 is 0.963 bits per heavy atom. The SMILES string of the molecule is [Cl-].[Cl-].[V+2].c1cc[cH-]c1.c1ccc(P(c2ccccc2)c2ccccc2)cc1. The fraction of sp³-hybridized carbons (Fsp3) is 0. The Morgan fingerprint density at radius 1 is 0.444 bits per heavy atom. The Bertz CT molecular complexity index is 696. The minimum Gasteiger partial charge on any atom is -1.00 e. The minimum atomic E-state index is -0.446. The normalized spacial score (nSPS) is 8.93. The van der Waals surface area contributed by atoms with Gasteiger partial charge in [-0.2, -0.15) is 18.2 Å². The van der Waals surface area contributed by atoms with Gasteiger partial charge < -0.3 is 24.8 Å². The van der Waals surface area contributed by atoms with Crippen LogP contribution in [0.1, 0.15) is 0 Å². The van der Waals surface area contributed by atoms with Crippen molar-refractivity contribution in [1.29, 1.82) is 0 Å². The maximum Gasteiger partial charge on any atom is 2.00 e. The van der Waals surface area contributed by atoms with Gasteiger partial charge in [0.2, 0.25) is 0 Å². The van der Waals surface area contributed by atoms with Gasteiger partial charge in [-0.3, -0.25) is 0 Å². The minimum absolute atomic E-state index is 0. The molecule has 1 radical (unpaired) electrons. The van der Waals surface area contributed by atoms with Gasteiger partial charge in [-0.15, -0.1) is 0 Å². The summed E-state index contributed by atoms with van der Waals surface area (Å²) in [4.78, 5) is 0. The maximum absolute atomic E-state index is 2.23. The molecule has 0 spiro atoms. The summed E-state index contributed by atoms with van der Waals surface area (Å²) >= 11 is 0. The Labute approximate surface area is 187 Å². The molecule has 0 saturated heterocycles. The number of halogens is 2. The molecule has 27 heavy (non-hydrogen) atoms. The molecule has 4 rings (SSSR count). The van der Waals surface area contributed by atoms with Gasteiger partial charge in [-0.05, 0) is 23.8 Å². The molecule has 4 aromatic carbocycles. The molecule has 0 saturated carbocycles. The van der Waals surface area contributed by atoms with Gasteiger partial charge in [-0.1, -0.05) is 91.0 Å². The van der Waals surface area contributed by atoms with E-state index in [1.807, 2.05) is 30.3 Å². The van der Waals surface area contributed by atoms with E-state index in [0.29, 0.717) is 0 Å². The number of hydrogen-bond donors (Lipinski definition) is 0. The van der Waals surface area contributed by atoms with Crippen LogP contribution in [0.4, 0.5) is 0 Å².